The first-order valence-electron chi connectivity index (χ1n) is 19.6. The molecule has 0 saturated carbocycles. The van der Waals surface area contributed by atoms with E-state index in [1.807, 2.05) is 26.0 Å². The lowest BCUT2D eigenvalue weighted by atomic mass is 9.57. The van der Waals surface area contributed by atoms with Crippen molar-refractivity contribution in [3.63, 3.8) is 0 Å². The van der Waals surface area contributed by atoms with Gasteiger partial charge >= 0.3 is 0 Å². The molecule has 52 heavy (non-hydrogen) atoms. The van der Waals surface area contributed by atoms with Crippen LogP contribution in [0.4, 0.5) is 0 Å². The van der Waals surface area contributed by atoms with Crippen molar-refractivity contribution in [1.29, 1.82) is 0 Å². The van der Waals surface area contributed by atoms with Crippen LogP contribution in [0.15, 0.2) is 82.5 Å². The molecule has 3 aliphatic carbocycles. The molecule has 4 atom stereocenters. The molecule has 0 spiro atoms. The maximum Gasteiger partial charge on any atom is 0.155 e. The third kappa shape index (κ3) is 16.9. The van der Waals surface area contributed by atoms with Crippen molar-refractivity contribution in [3.8, 4) is 0 Å². The molecule has 0 radical (unpaired) electrons. The number of rotatable bonds is 10. The third-order valence-corrected chi connectivity index (χ3v) is 12.1. The minimum Gasteiger partial charge on any atom is -0.299 e. The van der Waals surface area contributed by atoms with Gasteiger partial charge in [-0.15, -0.1) is 0 Å². The molecule has 0 aromatic heterocycles. The SMILES string of the molecule is C.C/C=C(\C)C(C)=O.C=CC(=C)CCC=C(C)C.CC(=O)C1(C)CC2=C(CCCC2(C)C)CC1C.CC(=O)C1(C)CC=C(CCC=C(C)C)CC1C.[2HH]. The van der Waals surface area contributed by atoms with Crippen LogP contribution < -0.4 is 0 Å². The van der Waals surface area contributed by atoms with Gasteiger partial charge in [0.05, 0.1) is 0 Å². The Morgan fingerprint density at radius 1 is 0.846 bits per heavy atom. The quantitative estimate of drug-likeness (QED) is 0.128. The van der Waals surface area contributed by atoms with E-state index in [9.17, 15) is 14.4 Å². The summed E-state index contributed by atoms with van der Waals surface area (Å²) >= 11 is 0. The number of carbonyl (C=O) groups excluding carboxylic acids is 3. The summed E-state index contributed by atoms with van der Waals surface area (Å²) in [5.74, 6) is 1.85. The van der Waals surface area contributed by atoms with Crippen LogP contribution in [0.25, 0.3) is 0 Å². The van der Waals surface area contributed by atoms with Crippen molar-refractivity contribution in [2.75, 3.05) is 0 Å². The molecule has 0 aliphatic heterocycles. The van der Waals surface area contributed by atoms with E-state index in [0.29, 0.717) is 28.8 Å². The number of hydrogen-bond donors (Lipinski definition) is 0. The highest BCUT2D eigenvalue weighted by Gasteiger charge is 2.45. The van der Waals surface area contributed by atoms with Crippen molar-refractivity contribution in [2.24, 2.45) is 28.1 Å². The fraction of sp³-hybridized carbons (Fsp3) is 0.653. The molecule has 0 amide bonds. The largest absolute Gasteiger partial charge is 0.299 e. The average Bonchev–Trinajstić information content (AvgIpc) is 3.03. The van der Waals surface area contributed by atoms with Crippen LogP contribution in [0.5, 0.6) is 0 Å². The number of ketones is 3. The summed E-state index contributed by atoms with van der Waals surface area (Å²) in [5, 5.41) is 0. The molecule has 3 nitrogen and oxygen atoms in total. The van der Waals surface area contributed by atoms with Crippen LogP contribution in [-0.2, 0) is 14.4 Å². The summed E-state index contributed by atoms with van der Waals surface area (Å²) in [4.78, 5) is 34.0. The molecule has 3 aliphatic rings. The summed E-state index contributed by atoms with van der Waals surface area (Å²) < 4.78 is 0. The average molecular weight is 722 g/mol. The Hall–Kier alpha value is -2.81. The molecule has 3 heteroatoms. The van der Waals surface area contributed by atoms with Gasteiger partial charge in [-0.1, -0.05) is 126 Å². The van der Waals surface area contributed by atoms with Crippen LogP contribution >= 0.6 is 0 Å². The highest BCUT2D eigenvalue weighted by atomic mass is 16.1. The van der Waals surface area contributed by atoms with Crippen LogP contribution in [0.2, 0.25) is 0 Å². The predicted molar refractivity (Wildman–Crippen MR) is 233 cm³/mol. The third-order valence-electron chi connectivity index (χ3n) is 12.1. The molecule has 0 aromatic carbocycles. The molecular weight excluding hydrogens is 637 g/mol. The van der Waals surface area contributed by atoms with Crippen LogP contribution in [0, 0.1) is 28.1 Å². The maximum absolute atomic E-state index is 12.0. The summed E-state index contributed by atoms with van der Waals surface area (Å²) in [6, 6.07) is 0. The second kappa shape index (κ2) is 23.8. The molecule has 0 heterocycles. The Labute approximate surface area is 324 Å². The van der Waals surface area contributed by atoms with E-state index in [1.54, 1.807) is 31.9 Å². The first-order chi connectivity index (χ1) is 23.5. The highest BCUT2D eigenvalue weighted by Crippen LogP contribution is 2.53. The smallest absolute Gasteiger partial charge is 0.155 e. The minimum absolute atomic E-state index is 0. The minimum atomic E-state index is -0.125. The first kappa shape index (κ1) is 51.3. The predicted octanol–water partition coefficient (Wildman–Crippen LogP) is 15.1. The van der Waals surface area contributed by atoms with E-state index in [-0.39, 0.29) is 25.5 Å². The lowest BCUT2D eigenvalue weighted by molar-refractivity contribution is -0.129. The summed E-state index contributed by atoms with van der Waals surface area (Å²) in [7, 11) is 0. The van der Waals surface area contributed by atoms with Gasteiger partial charge in [-0.3, -0.25) is 14.4 Å². The van der Waals surface area contributed by atoms with Gasteiger partial charge in [0, 0.05) is 12.3 Å². The molecular formula is C49H84O3. The molecule has 4 unspecified atom stereocenters. The van der Waals surface area contributed by atoms with Gasteiger partial charge in [0.1, 0.15) is 11.6 Å². The number of carbonyl (C=O) groups is 3. The topological polar surface area (TPSA) is 51.2 Å². The Kier molecular flexibility index (Phi) is 23.4. The fourth-order valence-electron chi connectivity index (χ4n) is 7.07. The monoisotopic (exact) mass is 722 g/mol. The first-order valence-corrected chi connectivity index (χ1v) is 19.6. The lowest BCUT2D eigenvalue weighted by Gasteiger charge is -2.47. The van der Waals surface area contributed by atoms with E-state index in [4.69, 9.17) is 0 Å². The molecule has 0 saturated heterocycles. The Morgan fingerprint density at radius 2 is 1.37 bits per heavy atom. The van der Waals surface area contributed by atoms with E-state index in [0.717, 1.165) is 62.5 Å². The molecule has 0 bridgehead atoms. The summed E-state index contributed by atoms with van der Waals surface area (Å²) in [6.45, 7) is 38.2. The van der Waals surface area contributed by atoms with Crippen molar-refractivity contribution in [1.82, 2.24) is 0 Å². The Morgan fingerprint density at radius 3 is 1.79 bits per heavy atom. The fourth-order valence-corrected chi connectivity index (χ4v) is 7.07. The standard InChI is InChI=1S/2C16H26O.C10H16.C6H10O.CH4.H2/c1-11-9-13-7-6-8-15(3,4)14(13)10-16(11,5)12(2)17;1-12(2)7-6-8-15-9-10-16(5,14(4)17)13(3)11-15;1-5-10(4)8-6-7-9(2)3;1-4-5(2)6(3)7;;/h11H,6-10H2,1-5H3;7,9,13H,6,8,10-11H2,1-5H3;5,7H,1,4,6,8H2,2-3H3;4H,1-3H3;1H4;1H/b;;;5-4+;;/i;;;;;1+1. The Balaban J connectivity index is -0.000000656. The van der Waals surface area contributed by atoms with Crippen molar-refractivity contribution >= 4 is 17.3 Å². The zero-order valence-corrected chi connectivity index (χ0v) is 36.0. The molecule has 0 aromatic rings. The Bertz CT molecular complexity index is 1370. The maximum atomic E-state index is 12.0. The van der Waals surface area contributed by atoms with Crippen LogP contribution in [0.3, 0.4) is 0 Å². The number of allylic oxidation sites excluding steroid dienone is 12. The van der Waals surface area contributed by atoms with Crippen LogP contribution in [-0.4, -0.2) is 17.3 Å². The van der Waals surface area contributed by atoms with E-state index < -0.39 is 0 Å². The van der Waals surface area contributed by atoms with Gasteiger partial charge in [0.25, 0.3) is 0 Å². The highest BCUT2D eigenvalue weighted by molar-refractivity contribution is 5.92. The van der Waals surface area contributed by atoms with Gasteiger partial charge in [0.15, 0.2) is 5.78 Å². The van der Waals surface area contributed by atoms with Gasteiger partial charge < -0.3 is 0 Å². The summed E-state index contributed by atoms with van der Waals surface area (Å²) in [6.07, 6.45) is 22.9. The molecule has 298 valence electrons. The molecule has 0 fully saturated rings. The van der Waals surface area contributed by atoms with E-state index in [1.165, 1.54) is 36.0 Å². The van der Waals surface area contributed by atoms with E-state index in [2.05, 4.69) is 101 Å². The normalized spacial score (nSPS) is 24.5. The molecule has 3 rings (SSSR count). The van der Waals surface area contributed by atoms with E-state index >= 15 is 0 Å². The lowest BCUT2D eigenvalue weighted by Crippen LogP contribution is -2.40. The van der Waals surface area contributed by atoms with Crippen molar-refractivity contribution in [2.45, 2.75) is 182 Å². The second-order valence-electron chi connectivity index (χ2n) is 17.3. The summed E-state index contributed by atoms with van der Waals surface area (Å²) in [5.41, 5.74) is 9.62. The zero-order chi connectivity index (χ0) is 39.7. The van der Waals surface area contributed by atoms with Crippen LogP contribution in [0.1, 0.15) is 183 Å². The molecule has 0 N–H and O–H groups in total. The van der Waals surface area contributed by atoms with Gasteiger partial charge in [0.2, 0.25) is 0 Å². The van der Waals surface area contributed by atoms with Gasteiger partial charge in [-0.05, 0) is 156 Å². The van der Waals surface area contributed by atoms with Crippen molar-refractivity contribution in [3.05, 3.63) is 82.5 Å². The van der Waals surface area contributed by atoms with Gasteiger partial charge in [-0.2, -0.15) is 0 Å². The zero-order valence-electron chi connectivity index (χ0n) is 36.0. The van der Waals surface area contributed by atoms with Crippen molar-refractivity contribution < 1.29 is 15.8 Å². The number of Topliss-reactive ketones (excluding diaryl/α,β-unsaturated/α-hetero) is 3. The number of hydrogen-bond acceptors (Lipinski definition) is 3. The second-order valence-corrected chi connectivity index (χ2v) is 17.3. The van der Waals surface area contributed by atoms with Gasteiger partial charge in [-0.25, -0.2) is 0 Å².